The number of aromatic nitrogens is 19. The standard InChI is InChI=1S/C17H16F2N4OS.C17H17FN4OS.C17H21N3OS2.C17H21N3OS.C16H18BrN3OS.C16H16FN5OS/c1-16(2,3)12-5-4-10(7-21-12)13-11(6-20)14(24)23-8-17(18,19)9-25-15(23)22-13;1-17(2,3)13-5-4-10(7-20-13)14-12(6-19)15(23)22-8-11(18)9-24-16(22)21-14;1-17(2,3)12-7-6-11(10-18-12)13-14(22-4)15(21)20-8-5-9-23-16(20)19-13;1-11-14(12-6-7-13(18-10-12)17(2,3)4)19-16-20(15(11)21)8-5-9-22-16;1-16(2,3)11-6-5-10(9-18-11)13-12(17)14(21)20-7-4-8-22-15(20)19-13;1-16(2,3)14-19-5-9(6-20-14)12-11(4-18)13(23)22-7-10(17)8-24-15(22)21-12/h4-5,7H,8-9H2,1-3H3;4-5,7,11H,8-9H2,1-3H3;6-7,10H,5,8-9H2,1-4H3;6-7,10H,5,8-9H2,1-4H3;5-6,9H,4,7-8H2,1-3H3;5-6,10H,7-8H2,1-3H3. The Kier molecular flexibility index (Phi) is 33.2. The third kappa shape index (κ3) is 24.6. The number of hydrogen-bond acceptors (Lipinski definition) is 29. The molecule has 28 nitrogen and oxygen atoms in total. The van der Waals surface area contributed by atoms with Crippen molar-refractivity contribution in [3.63, 3.8) is 0 Å². The maximum absolute atomic E-state index is 13.6. The summed E-state index contributed by atoms with van der Waals surface area (Å²) in [4.78, 5) is 134. The monoisotopic (exact) mass is 2090 g/mol. The van der Waals surface area contributed by atoms with Gasteiger partial charge in [-0.2, -0.15) is 15.8 Å². The Morgan fingerprint density at radius 1 is 0.371 bits per heavy atom. The highest BCUT2D eigenvalue weighted by atomic mass is 79.9. The summed E-state index contributed by atoms with van der Waals surface area (Å²) < 4.78 is 63.5. The fourth-order valence-corrected chi connectivity index (χ4v) is 21.6. The van der Waals surface area contributed by atoms with Gasteiger partial charge in [0.25, 0.3) is 39.3 Å². The van der Waals surface area contributed by atoms with Crippen LogP contribution < -0.4 is 33.4 Å². The summed E-state index contributed by atoms with van der Waals surface area (Å²) in [6.45, 7) is 40.7. The Morgan fingerprint density at radius 2 is 0.671 bits per heavy atom. The molecule has 0 N–H and O–H groups in total. The molecule has 0 aromatic carbocycles. The predicted octanol–water partition coefficient (Wildman–Crippen LogP) is 19.5. The van der Waals surface area contributed by atoms with Crippen LogP contribution >= 0.6 is 98.3 Å². The second-order valence-corrected chi connectivity index (χ2v) is 47.7. The summed E-state index contributed by atoms with van der Waals surface area (Å²) in [5, 5.41) is 31.6. The minimum atomic E-state index is -2.99. The molecule has 0 saturated carbocycles. The first-order valence-electron chi connectivity index (χ1n) is 45.3. The van der Waals surface area contributed by atoms with Crippen LogP contribution in [-0.2, 0) is 71.8 Å². The topological polar surface area (TPSA) is 371 Å². The quantitative estimate of drug-likeness (QED) is 0.0812. The van der Waals surface area contributed by atoms with E-state index in [1.54, 1.807) is 92.1 Å². The fraction of sp³-hybridized carbons (Fsp3) is 0.440. The van der Waals surface area contributed by atoms with Gasteiger partial charge in [0.1, 0.15) is 57.5 Å². The average molecular weight is 2100 g/mol. The molecule has 18 heterocycles. The second kappa shape index (κ2) is 43.6. The van der Waals surface area contributed by atoms with Crippen LogP contribution in [0.5, 0.6) is 0 Å². The van der Waals surface area contributed by atoms with Crippen LogP contribution in [0.2, 0.25) is 0 Å². The lowest BCUT2D eigenvalue weighted by Crippen LogP contribution is -2.39. The van der Waals surface area contributed by atoms with Crippen molar-refractivity contribution in [2.45, 2.75) is 277 Å². The van der Waals surface area contributed by atoms with Gasteiger partial charge in [0.05, 0.1) is 64.4 Å². The van der Waals surface area contributed by atoms with Crippen molar-refractivity contribution in [2.24, 2.45) is 0 Å². The summed E-state index contributed by atoms with van der Waals surface area (Å²) in [6, 6.07) is 25.0. The van der Waals surface area contributed by atoms with Crippen molar-refractivity contribution >= 4 is 98.3 Å². The van der Waals surface area contributed by atoms with Crippen molar-refractivity contribution in [3.05, 3.63) is 227 Å². The Morgan fingerprint density at radius 3 is 1.02 bits per heavy atom. The number of hydrogen-bond donors (Lipinski definition) is 0. The third-order valence-electron chi connectivity index (χ3n) is 22.7. The van der Waals surface area contributed by atoms with E-state index in [2.05, 4.69) is 154 Å². The molecule has 2 unspecified atom stereocenters. The summed E-state index contributed by atoms with van der Waals surface area (Å²) in [7, 11) is 0. The molecule has 0 fully saturated rings. The first-order valence-corrected chi connectivity index (χ1v) is 53.2. The molecule has 732 valence electrons. The van der Waals surface area contributed by atoms with Gasteiger partial charge in [0, 0.05) is 192 Å². The van der Waals surface area contributed by atoms with E-state index in [4.69, 9.17) is 9.97 Å². The molecular weight excluding hydrogens is 1990 g/mol. The molecule has 12 aromatic heterocycles. The maximum atomic E-state index is 13.6. The van der Waals surface area contributed by atoms with Crippen LogP contribution in [-0.4, -0.2) is 151 Å². The first kappa shape index (κ1) is 107. The zero-order chi connectivity index (χ0) is 102. The number of nitrogens with zero attached hydrogens (tertiary/aromatic N) is 22. The SMILES string of the molecule is CC(C)(C)c1ccc(-c2nc3n(c(=O)c2Br)CCCS3)cn1.CC(C)(C)c1ccc(-c2nc3n(c(=O)c2C#N)CC(F)(F)CS3)cn1.CC(C)(C)c1ccc(-c2nc3n(c(=O)c2C#N)CC(F)CS3)cn1.CC(C)(C)c1ncc(-c2nc3n(c(=O)c2C#N)CC(F)CS3)cn1.CSc1c(-c2ccc(C(C)(C)C)nc2)nc2n(c1=O)CCCS2.Cc1c(-c2ccc(C(C)(C)C)nc2)nc2n(c1=O)CCCS2. The van der Waals surface area contributed by atoms with Gasteiger partial charge < -0.3 is 0 Å². The Bertz CT molecular complexity index is 6910. The van der Waals surface area contributed by atoms with E-state index < -0.39 is 47.2 Å². The maximum Gasteiger partial charge on any atom is 0.275 e. The lowest BCUT2D eigenvalue weighted by atomic mass is 9.91. The molecule has 18 rings (SSSR count). The number of pyridine rings is 5. The fourth-order valence-electron chi connectivity index (χ4n) is 14.9. The van der Waals surface area contributed by atoms with Gasteiger partial charge in [0.2, 0.25) is 0 Å². The van der Waals surface area contributed by atoms with E-state index in [0.717, 1.165) is 145 Å². The lowest BCUT2D eigenvalue weighted by molar-refractivity contribution is 0.00152. The summed E-state index contributed by atoms with van der Waals surface area (Å²) in [5.74, 6) is 0.792. The minimum Gasteiger partial charge on any atom is -0.287 e. The van der Waals surface area contributed by atoms with Gasteiger partial charge in [-0.3, -0.25) is 81.1 Å². The van der Waals surface area contributed by atoms with Gasteiger partial charge in [-0.25, -0.2) is 57.4 Å². The summed E-state index contributed by atoms with van der Waals surface area (Å²) in [6.07, 6.45) is 14.6. The van der Waals surface area contributed by atoms with E-state index >= 15 is 0 Å². The van der Waals surface area contributed by atoms with Gasteiger partial charge in [-0.15, -0.1) is 11.8 Å². The number of halogens is 5. The molecular formula is C100H109BrF4N22O6S7. The van der Waals surface area contributed by atoms with Crippen molar-refractivity contribution < 1.29 is 17.6 Å². The normalized spacial score (nSPS) is 15.8. The second-order valence-electron chi connectivity index (χ2n) is 40.0. The molecule has 0 spiro atoms. The van der Waals surface area contributed by atoms with Crippen LogP contribution in [0.15, 0.2) is 173 Å². The zero-order valence-corrected chi connectivity index (χ0v) is 88.9. The molecule has 140 heavy (non-hydrogen) atoms. The molecule has 0 bridgehead atoms. The largest absolute Gasteiger partial charge is 0.287 e. The molecule has 2 atom stereocenters. The van der Waals surface area contributed by atoms with E-state index in [1.807, 2.05) is 134 Å². The number of rotatable bonds is 7. The summed E-state index contributed by atoms with van der Waals surface area (Å²) in [5.41, 5.74) is 10.4. The molecule has 0 radical (unpaired) electrons. The predicted molar refractivity (Wildman–Crippen MR) is 552 cm³/mol. The molecule has 0 aliphatic carbocycles. The van der Waals surface area contributed by atoms with E-state index in [0.29, 0.717) is 59.1 Å². The van der Waals surface area contributed by atoms with E-state index in [9.17, 15) is 62.1 Å². The third-order valence-corrected chi connectivity index (χ3v) is 30.7. The summed E-state index contributed by atoms with van der Waals surface area (Å²) >= 11 is 13.0. The molecule has 0 saturated heterocycles. The van der Waals surface area contributed by atoms with Gasteiger partial charge in [-0.05, 0) is 109 Å². The van der Waals surface area contributed by atoms with Crippen LogP contribution in [0.4, 0.5) is 17.6 Å². The molecule has 12 aromatic rings. The minimum absolute atomic E-state index is 0.00732. The van der Waals surface area contributed by atoms with Crippen molar-refractivity contribution in [1.29, 1.82) is 15.8 Å². The number of alkyl halides is 4. The van der Waals surface area contributed by atoms with Crippen molar-refractivity contribution in [2.75, 3.05) is 40.8 Å². The molecule has 40 heteroatoms. The number of nitriles is 3. The number of fused-ring (bicyclic) bond motifs is 6. The highest BCUT2D eigenvalue weighted by Gasteiger charge is 2.39. The van der Waals surface area contributed by atoms with Gasteiger partial charge in [0.15, 0.2) is 30.9 Å². The molecule has 0 amide bonds. The first-order chi connectivity index (χ1) is 65.9. The highest BCUT2D eigenvalue weighted by Crippen LogP contribution is 2.40. The average Bonchev–Trinajstić information content (AvgIpc) is 0.723. The molecule has 6 aliphatic rings. The molecule has 6 aliphatic heterocycles. The van der Waals surface area contributed by atoms with Crippen molar-refractivity contribution in [1.82, 2.24) is 92.2 Å². The van der Waals surface area contributed by atoms with Crippen LogP contribution in [0.3, 0.4) is 0 Å². The van der Waals surface area contributed by atoms with Crippen LogP contribution in [0.25, 0.3) is 67.5 Å². The van der Waals surface area contributed by atoms with E-state index in [-0.39, 0.29) is 107 Å². The highest BCUT2D eigenvalue weighted by molar-refractivity contribution is 9.10. The van der Waals surface area contributed by atoms with Crippen LogP contribution in [0, 0.1) is 40.9 Å². The Balaban J connectivity index is 0.000000142. The van der Waals surface area contributed by atoms with Gasteiger partial charge >= 0.3 is 0 Å². The Hall–Kier alpha value is -10.8. The Labute approximate surface area is 847 Å². The smallest absolute Gasteiger partial charge is 0.275 e. The van der Waals surface area contributed by atoms with Crippen molar-refractivity contribution in [3.8, 4) is 85.8 Å². The van der Waals surface area contributed by atoms with E-state index in [1.165, 1.54) is 44.4 Å². The lowest BCUT2D eigenvalue weighted by Gasteiger charge is -2.25. The van der Waals surface area contributed by atoms with Gasteiger partial charge in [-0.1, -0.05) is 195 Å². The van der Waals surface area contributed by atoms with Crippen LogP contribution in [0.1, 0.15) is 200 Å². The zero-order valence-electron chi connectivity index (χ0n) is 81.6. The number of thioether (sulfide) groups is 7.